The van der Waals surface area contributed by atoms with E-state index in [0.29, 0.717) is 25.7 Å². The Morgan fingerprint density at radius 3 is 2.67 bits per heavy atom. The molecular formula is C22H31FO4. The van der Waals surface area contributed by atoms with Crippen molar-refractivity contribution in [3.63, 3.8) is 0 Å². The minimum Gasteiger partial charge on any atom is -0.390 e. The summed E-state index contributed by atoms with van der Waals surface area (Å²) in [5.74, 6) is -0.686. The first kappa shape index (κ1) is 19.3. The molecule has 0 heterocycles. The molecule has 3 fully saturated rings. The molecule has 0 unspecified atom stereocenters. The summed E-state index contributed by atoms with van der Waals surface area (Å²) < 4.78 is 16.9. The maximum atomic E-state index is 16.9. The number of carbonyl (C=O) groups is 2. The lowest BCUT2D eigenvalue weighted by Gasteiger charge is -2.62. The van der Waals surface area contributed by atoms with E-state index < -0.39 is 29.2 Å². The summed E-state index contributed by atoms with van der Waals surface area (Å²) in [5, 5.41) is 20.6. The van der Waals surface area contributed by atoms with E-state index in [1.807, 2.05) is 20.8 Å². The normalized spacial score (nSPS) is 51.9. The van der Waals surface area contributed by atoms with E-state index in [1.54, 1.807) is 6.08 Å². The molecule has 150 valence electrons. The van der Waals surface area contributed by atoms with Crippen LogP contribution in [-0.2, 0) is 9.59 Å². The van der Waals surface area contributed by atoms with Gasteiger partial charge in [-0.05, 0) is 55.4 Å². The van der Waals surface area contributed by atoms with Crippen molar-refractivity contribution in [2.24, 2.45) is 34.5 Å². The van der Waals surface area contributed by atoms with Crippen molar-refractivity contribution in [3.8, 4) is 0 Å². The third kappa shape index (κ3) is 2.27. The molecule has 5 heteroatoms. The third-order valence-corrected chi connectivity index (χ3v) is 8.88. The summed E-state index contributed by atoms with van der Waals surface area (Å²) in [6, 6.07) is 0. The van der Waals surface area contributed by atoms with Crippen molar-refractivity contribution in [1.82, 2.24) is 0 Å². The fourth-order valence-corrected chi connectivity index (χ4v) is 7.72. The molecule has 0 bridgehead atoms. The van der Waals surface area contributed by atoms with E-state index in [4.69, 9.17) is 0 Å². The van der Waals surface area contributed by atoms with Crippen LogP contribution in [0.1, 0.15) is 59.3 Å². The fraction of sp³-hybridized carbons (Fsp3) is 0.818. The Hall–Kier alpha value is -1.07. The molecule has 4 aliphatic carbocycles. The molecule has 0 amide bonds. The maximum absolute atomic E-state index is 16.9. The zero-order valence-corrected chi connectivity index (χ0v) is 16.5. The van der Waals surface area contributed by atoms with E-state index in [-0.39, 0.29) is 41.7 Å². The zero-order valence-electron chi connectivity index (χ0n) is 16.5. The highest BCUT2D eigenvalue weighted by atomic mass is 19.1. The van der Waals surface area contributed by atoms with Gasteiger partial charge in [0.2, 0.25) is 0 Å². The monoisotopic (exact) mass is 378 g/mol. The predicted molar refractivity (Wildman–Crippen MR) is 98.6 cm³/mol. The number of aliphatic hydroxyl groups excluding tert-OH is 2. The van der Waals surface area contributed by atoms with Gasteiger partial charge < -0.3 is 10.2 Å². The van der Waals surface area contributed by atoms with Crippen LogP contribution >= 0.6 is 0 Å². The third-order valence-electron chi connectivity index (χ3n) is 8.88. The van der Waals surface area contributed by atoms with Crippen LogP contribution in [0.15, 0.2) is 11.6 Å². The Morgan fingerprint density at radius 2 is 2.00 bits per heavy atom. The molecule has 0 spiro atoms. The SMILES string of the molecule is C[C@@H]1C[C@H]2[C@@H]3CCC4=CC(=O)CC[C@]4(C)[C@@]3(F)[C@@H](O)C[C@]2(C)[C@H]1C(=O)CO. The van der Waals surface area contributed by atoms with Gasteiger partial charge in [0.05, 0.1) is 6.10 Å². The first-order chi connectivity index (χ1) is 12.6. The van der Waals surface area contributed by atoms with Crippen molar-refractivity contribution in [2.75, 3.05) is 6.61 Å². The van der Waals surface area contributed by atoms with Gasteiger partial charge in [-0.25, -0.2) is 4.39 Å². The molecule has 0 radical (unpaired) electrons. The van der Waals surface area contributed by atoms with E-state index in [9.17, 15) is 19.8 Å². The lowest BCUT2D eigenvalue weighted by Crippen LogP contribution is -2.67. The van der Waals surface area contributed by atoms with Crippen molar-refractivity contribution in [1.29, 1.82) is 0 Å². The van der Waals surface area contributed by atoms with E-state index in [2.05, 4.69) is 0 Å². The number of ketones is 2. The summed E-state index contributed by atoms with van der Waals surface area (Å²) in [6.07, 6.45) is 3.52. The zero-order chi connectivity index (χ0) is 19.8. The fourth-order valence-electron chi connectivity index (χ4n) is 7.72. The highest BCUT2D eigenvalue weighted by Crippen LogP contribution is 2.70. The van der Waals surface area contributed by atoms with Gasteiger partial charge in [0.25, 0.3) is 0 Å². The Labute approximate surface area is 160 Å². The molecule has 8 atom stereocenters. The number of fused-ring (bicyclic) bond motifs is 5. The van der Waals surface area contributed by atoms with Gasteiger partial charge in [-0.1, -0.05) is 26.3 Å². The molecule has 27 heavy (non-hydrogen) atoms. The van der Waals surface area contributed by atoms with Gasteiger partial charge in [-0.2, -0.15) is 0 Å². The lowest BCUT2D eigenvalue weighted by molar-refractivity contribution is -0.208. The summed E-state index contributed by atoms with van der Waals surface area (Å²) in [7, 11) is 0. The number of carbonyl (C=O) groups excluding carboxylic acids is 2. The van der Waals surface area contributed by atoms with Gasteiger partial charge in [-0.15, -0.1) is 0 Å². The van der Waals surface area contributed by atoms with Crippen LogP contribution in [0.2, 0.25) is 0 Å². The summed E-state index contributed by atoms with van der Waals surface area (Å²) in [6.45, 7) is 5.42. The topological polar surface area (TPSA) is 74.6 Å². The molecule has 4 rings (SSSR count). The number of aliphatic hydroxyl groups is 2. The van der Waals surface area contributed by atoms with Gasteiger partial charge in [0.15, 0.2) is 11.6 Å². The van der Waals surface area contributed by atoms with Gasteiger partial charge in [-0.3, -0.25) is 9.59 Å². The first-order valence-electron chi connectivity index (χ1n) is 10.3. The second-order valence-corrected chi connectivity index (χ2v) is 10.0. The van der Waals surface area contributed by atoms with E-state index in [1.165, 1.54) is 0 Å². The van der Waals surface area contributed by atoms with Gasteiger partial charge in [0.1, 0.15) is 12.3 Å². The minimum absolute atomic E-state index is 0.0115. The summed E-state index contributed by atoms with van der Waals surface area (Å²) in [5.41, 5.74) is -2.21. The van der Waals surface area contributed by atoms with Gasteiger partial charge >= 0.3 is 0 Å². The molecular weight excluding hydrogens is 347 g/mol. The lowest BCUT2D eigenvalue weighted by atomic mass is 9.44. The highest BCUT2D eigenvalue weighted by Gasteiger charge is 2.71. The minimum atomic E-state index is -1.77. The van der Waals surface area contributed by atoms with Crippen molar-refractivity contribution < 1.29 is 24.2 Å². The largest absolute Gasteiger partial charge is 0.390 e. The number of Topliss-reactive ketones (excluding diaryl/α,β-unsaturated/α-hetero) is 1. The Morgan fingerprint density at radius 1 is 1.30 bits per heavy atom. The number of allylic oxidation sites excluding steroid dienone is 1. The number of hydrogen-bond acceptors (Lipinski definition) is 4. The molecule has 0 aromatic heterocycles. The van der Waals surface area contributed by atoms with Crippen LogP contribution in [-0.4, -0.2) is 40.2 Å². The van der Waals surface area contributed by atoms with Crippen molar-refractivity contribution >= 4 is 11.6 Å². The summed E-state index contributed by atoms with van der Waals surface area (Å²) in [4.78, 5) is 24.4. The smallest absolute Gasteiger partial charge is 0.162 e. The van der Waals surface area contributed by atoms with Crippen LogP contribution in [0.25, 0.3) is 0 Å². The van der Waals surface area contributed by atoms with Gasteiger partial charge in [0, 0.05) is 23.7 Å². The second kappa shape index (κ2) is 5.96. The predicted octanol–water partition coefficient (Wildman–Crippen LogP) is 3.00. The molecule has 2 N–H and O–H groups in total. The Kier molecular flexibility index (Phi) is 4.25. The maximum Gasteiger partial charge on any atom is 0.162 e. The molecule has 4 nitrogen and oxygen atoms in total. The molecule has 0 saturated heterocycles. The average Bonchev–Trinajstić information content (AvgIpc) is 2.86. The number of halogens is 1. The number of rotatable bonds is 2. The molecule has 4 aliphatic rings. The van der Waals surface area contributed by atoms with E-state index >= 15 is 4.39 Å². The van der Waals surface area contributed by atoms with E-state index in [0.717, 1.165) is 12.0 Å². The number of alkyl halides is 1. The quantitative estimate of drug-likeness (QED) is 0.775. The highest BCUT2D eigenvalue weighted by molar-refractivity contribution is 5.91. The van der Waals surface area contributed by atoms with Crippen LogP contribution in [0.4, 0.5) is 4.39 Å². The molecule has 0 aliphatic heterocycles. The van der Waals surface area contributed by atoms with Crippen LogP contribution in [0, 0.1) is 34.5 Å². The molecule has 0 aromatic rings. The summed E-state index contributed by atoms with van der Waals surface area (Å²) >= 11 is 0. The van der Waals surface area contributed by atoms with Crippen molar-refractivity contribution in [2.45, 2.75) is 71.1 Å². The molecule has 3 saturated carbocycles. The second-order valence-electron chi connectivity index (χ2n) is 10.0. The standard InChI is InChI=1S/C22H31FO4/c1-12-8-16-15-5-4-13-9-14(25)6-7-21(13,3)22(15,23)18(27)10-20(16,2)19(12)17(26)11-24/h9,12,15-16,18-19,24,27H,4-8,10-11H2,1-3H3/t12-,15+,16+,18+,19-,20+,21+,22+/m1/s1. The van der Waals surface area contributed by atoms with Crippen molar-refractivity contribution in [3.05, 3.63) is 11.6 Å². The van der Waals surface area contributed by atoms with Crippen LogP contribution < -0.4 is 0 Å². The molecule has 0 aromatic carbocycles. The first-order valence-corrected chi connectivity index (χ1v) is 10.3. The van der Waals surface area contributed by atoms with Crippen LogP contribution in [0.5, 0.6) is 0 Å². The Bertz CT molecular complexity index is 717. The Balaban J connectivity index is 1.79. The average molecular weight is 378 g/mol. The number of hydrogen-bond donors (Lipinski definition) is 2. The van der Waals surface area contributed by atoms with Crippen LogP contribution in [0.3, 0.4) is 0 Å².